The van der Waals surface area contributed by atoms with Gasteiger partial charge in [-0.3, -0.25) is 14.4 Å². The third-order valence-corrected chi connectivity index (χ3v) is 4.79. The van der Waals surface area contributed by atoms with Gasteiger partial charge in [0.15, 0.2) is 0 Å². The number of para-hydroxylation sites is 1. The highest BCUT2D eigenvalue weighted by molar-refractivity contribution is 6.44. The molecule has 3 aromatic rings. The molecule has 140 valence electrons. The molecule has 0 aromatic heterocycles. The van der Waals surface area contributed by atoms with Gasteiger partial charge in [-0.05, 0) is 23.1 Å². The van der Waals surface area contributed by atoms with Crippen LogP contribution < -0.4 is 16.0 Å². The van der Waals surface area contributed by atoms with Crippen molar-refractivity contribution in [3.63, 3.8) is 0 Å². The van der Waals surface area contributed by atoms with E-state index in [4.69, 9.17) is 0 Å². The lowest BCUT2D eigenvalue weighted by atomic mass is 9.96. The summed E-state index contributed by atoms with van der Waals surface area (Å²) < 4.78 is 0. The predicted molar refractivity (Wildman–Crippen MR) is 108 cm³/mol. The fraction of sp³-hybridized carbons (Fsp3) is 0.136. The van der Waals surface area contributed by atoms with Crippen LogP contribution in [0, 0.1) is 0 Å². The van der Waals surface area contributed by atoms with E-state index in [1.165, 1.54) is 0 Å². The molecule has 1 unspecified atom stereocenters. The average molecular weight is 373 g/mol. The maximum atomic E-state index is 12.5. The lowest BCUT2D eigenvalue weighted by molar-refractivity contribution is -0.140. The van der Waals surface area contributed by atoms with Gasteiger partial charge in [-0.15, -0.1) is 0 Å². The Bertz CT molecular complexity index is 1070. The minimum Gasteiger partial charge on any atom is -0.383 e. The number of nitrogens with one attached hydrogen (secondary N) is 3. The Kier molecular flexibility index (Phi) is 4.76. The van der Waals surface area contributed by atoms with Crippen molar-refractivity contribution in [1.29, 1.82) is 0 Å². The number of hydrogen-bond donors (Lipinski definition) is 3. The number of Topliss-reactive ketones (excluding diaryl/α,β-unsaturated/α-hetero) is 1. The Morgan fingerprint density at radius 3 is 2.54 bits per heavy atom. The first-order valence-corrected chi connectivity index (χ1v) is 9.08. The smallest absolute Gasteiger partial charge is 0.288 e. The zero-order valence-electron chi connectivity index (χ0n) is 15.1. The van der Waals surface area contributed by atoms with Crippen molar-refractivity contribution in [2.45, 2.75) is 5.92 Å². The number of carbonyl (C=O) groups excluding carboxylic acids is 3. The van der Waals surface area contributed by atoms with Crippen LogP contribution in [0.25, 0.3) is 10.8 Å². The Morgan fingerprint density at radius 1 is 0.893 bits per heavy atom. The summed E-state index contributed by atoms with van der Waals surface area (Å²) in [6.45, 7) is 0.726. The topological polar surface area (TPSA) is 87.3 Å². The fourth-order valence-electron chi connectivity index (χ4n) is 3.44. The number of ketones is 1. The number of carbonyl (C=O) groups is 3. The van der Waals surface area contributed by atoms with Gasteiger partial charge in [0.05, 0.1) is 0 Å². The lowest BCUT2D eigenvalue weighted by Crippen LogP contribution is -2.38. The molecule has 0 spiro atoms. The molecule has 3 aromatic carbocycles. The number of anilines is 2. The van der Waals surface area contributed by atoms with E-state index in [1.54, 1.807) is 24.3 Å². The molecule has 4 rings (SSSR count). The number of rotatable bonds is 6. The van der Waals surface area contributed by atoms with Crippen LogP contribution in [0.4, 0.5) is 11.4 Å². The molecule has 0 radical (unpaired) electrons. The van der Waals surface area contributed by atoms with Crippen LogP contribution >= 0.6 is 0 Å². The SMILES string of the molecule is O=C(NCCNc1cccc2ccccc12)C(=O)C1C(=O)Nc2ccccc21. The van der Waals surface area contributed by atoms with Crippen LogP contribution in [0.2, 0.25) is 0 Å². The van der Waals surface area contributed by atoms with Gasteiger partial charge in [0.2, 0.25) is 11.7 Å². The Balaban J connectivity index is 1.35. The normalized spacial score (nSPS) is 15.0. The number of hydrogen-bond acceptors (Lipinski definition) is 4. The van der Waals surface area contributed by atoms with Crippen LogP contribution in [0.1, 0.15) is 11.5 Å². The maximum Gasteiger partial charge on any atom is 0.288 e. The number of amides is 2. The van der Waals surface area contributed by atoms with Gasteiger partial charge in [0, 0.05) is 29.9 Å². The molecular formula is C22H19N3O3. The second kappa shape index (κ2) is 7.52. The van der Waals surface area contributed by atoms with Gasteiger partial charge in [0.1, 0.15) is 5.92 Å². The molecule has 2 amide bonds. The van der Waals surface area contributed by atoms with Crippen LogP contribution in [0.15, 0.2) is 66.7 Å². The standard InChI is InChI=1S/C22H19N3O3/c26-20(19-16-9-3-4-10-18(16)25-21(19)27)22(28)24-13-12-23-17-11-5-7-14-6-1-2-8-15(14)17/h1-11,19,23H,12-13H2,(H,24,28)(H,25,27). The monoisotopic (exact) mass is 373 g/mol. The van der Waals surface area contributed by atoms with Gasteiger partial charge in [-0.2, -0.15) is 0 Å². The van der Waals surface area contributed by atoms with Gasteiger partial charge in [0.25, 0.3) is 5.91 Å². The van der Waals surface area contributed by atoms with E-state index in [0.29, 0.717) is 17.8 Å². The van der Waals surface area contributed by atoms with Crippen molar-refractivity contribution >= 4 is 39.7 Å². The van der Waals surface area contributed by atoms with Crippen molar-refractivity contribution in [3.8, 4) is 0 Å². The van der Waals surface area contributed by atoms with E-state index in [-0.39, 0.29) is 6.54 Å². The van der Waals surface area contributed by atoms with E-state index in [9.17, 15) is 14.4 Å². The van der Waals surface area contributed by atoms with Gasteiger partial charge < -0.3 is 16.0 Å². The summed E-state index contributed by atoms with van der Waals surface area (Å²) in [6.07, 6.45) is 0. The molecule has 0 fully saturated rings. The number of benzene rings is 3. The highest BCUT2D eigenvalue weighted by Gasteiger charge is 2.39. The molecule has 1 aliphatic heterocycles. The summed E-state index contributed by atoms with van der Waals surface area (Å²) in [5.74, 6) is -3.04. The zero-order valence-corrected chi connectivity index (χ0v) is 15.1. The molecule has 0 saturated heterocycles. The summed E-state index contributed by atoms with van der Waals surface area (Å²) in [5.41, 5.74) is 2.08. The van der Waals surface area contributed by atoms with Crippen molar-refractivity contribution < 1.29 is 14.4 Å². The molecule has 6 nitrogen and oxygen atoms in total. The van der Waals surface area contributed by atoms with E-state index < -0.39 is 23.5 Å². The highest BCUT2D eigenvalue weighted by atomic mass is 16.2. The van der Waals surface area contributed by atoms with E-state index in [1.807, 2.05) is 42.5 Å². The summed E-state index contributed by atoms with van der Waals surface area (Å²) >= 11 is 0. The third-order valence-electron chi connectivity index (χ3n) is 4.79. The molecule has 1 atom stereocenters. The minimum absolute atomic E-state index is 0.268. The van der Waals surface area contributed by atoms with Gasteiger partial charge in [-0.25, -0.2) is 0 Å². The molecule has 1 heterocycles. The van der Waals surface area contributed by atoms with E-state index in [0.717, 1.165) is 16.5 Å². The first kappa shape index (κ1) is 17.7. The molecule has 0 bridgehead atoms. The predicted octanol–water partition coefficient (Wildman–Crippen LogP) is 2.67. The maximum absolute atomic E-state index is 12.5. The molecular weight excluding hydrogens is 354 g/mol. The van der Waals surface area contributed by atoms with Crippen LogP contribution in [-0.2, 0) is 14.4 Å². The van der Waals surface area contributed by atoms with Crippen molar-refractivity contribution in [2.24, 2.45) is 0 Å². The third kappa shape index (κ3) is 3.32. The molecule has 0 aliphatic carbocycles. The summed E-state index contributed by atoms with van der Waals surface area (Å²) in [5, 5.41) is 10.7. The fourth-order valence-corrected chi connectivity index (χ4v) is 3.44. The Labute approximate surface area is 161 Å². The van der Waals surface area contributed by atoms with Crippen molar-refractivity contribution in [3.05, 3.63) is 72.3 Å². The Hall–Kier alpha value is -3.67. The average Bonchev–Trinajstić information content (AvgIpc) is 3.06. The first-order valence-electron chi connectivity index (χ1n) is 9.08. The van der Waals surface area contributed by atoms with Crippen LogP contribution in [0.3, 0.4) is 0 Å². The van der Waals surface area contributed by atoms with Gasteiger partial charge in [-0.1, -0.05) is 54.6 Å². The lowest BCUT2D eigenvalue weighted by Gasteiger charge is -2.11. The van der Waals surface area contributed by atoms with Crippen LogP contribution in [-0.4, -0.2) is 30.7 Å². The second-order valence-corrected chi connectivity index (χ2v) is 6.58. The quantitative estimate of drug-likeness (QED) is 0.352. The zero-order chi connectivity index (χ0) is 19.5. The number of fused-ring (bicyclic) bond motifs is 2. The van der Waals surface area contributed by atoms with Crippen LogP contribution in [0.5, 0.6) is 0 Å². The van der Waals surface area contributed by atoms with E-state index in [2.05, 4.69) is 16.0 Å². The molecule has 28 heavy (non-hydrogen) atoms. The van der Waals surface area contributed by atoms with Crippen molar-refractivity contribution in [2.75, 3.05) is 23.7 Å². The summed E-state index contributed by atoms with van der Waals surface area (Å²) in [6, 6.07) is 20.9. The second-order valence-electron chi connectivity index (χ2n) is 6.58. The molecule has 6 heteroatoms. The summed E-state index contributed by atoms with van der Waals surface area (Å²) in [7, 11) is 0. The van der Waals surface area contributed by atoms with Crippen molar-refractivity contribution in [1.82, 2.24) is 5.32 Å². The van der Waals surface area contributed by atoms with Gasteiger partial charge >= 0.3 is 0 Å². The minimum atomic E-state index is -1.08. The molecule has 1 aliphatic rings. The Morgan fingerprint density at radius 2 is 1.64 bits per heavy atom. The highest BCUT2D eigenvalue weighted by Crippen LogP contribution is 2.32. The molecule has 0 saturated carbocycles. The largest absolute Gasteiger partial charge is 0.383 e. The first-order chi connectivity index (χ1) is 13.6. The van der Waals surface area contributed by atoms with E-state index >= 15 is 0 Å². The molecule has 3 N–H and O–H groups in total. The summed E-state index contributed by atoms with van der Waals surface area (Å²) in [4.78, 5) is 36.8.